The van der Waals surface area contributed by atoms with E-state index in [-0.39, 0.29) is 24.1 Å². The highest BCUT2D eigenvalue weighted by atomic mass is 16.5. The molecule has 1 aromatic heterocycles. The van der Waals surface area contributed by atoms with Gasteiger partial charge in [0.15, 0.2) is 5.82 Å². The molecule has 0 aliphatic rings. The number of nitrogens with one attached hydrogen (secondary N) is 2. The second kappa shape index (κ2) is 6.69. The number of aromatic nitrogens is 2. The first kappa shape index (κ1) is 14.8. The van der Waals surface area contributed by atoms with Gasteiger partial charge in [-0.3, -0.25) is 9.89 Å². The molecule has 2 N–H and O–H groups in total. The summed E-state index contributed by atoms with van der Waals surface area (Å²) < 4.78 is 4.84. The molecule has 6 nitrogen and oxygen atoms in total. The van der Waals surface area contributed by atoms with Gasteiger partial charge >= 0.3 is 5.97 Å². The molecule has 1 heterocycles. The first-order valence-electron chi connectivity index (χ1n) is 6.70. The number of ether oxygens (including phenoxy) is 1. The maximum atomic E-state index is 12.1. The predicted octanol–water partition coefficient (Wildman–Crippen LogP) is 2.33. The Labute approximate surface area is 122 Å². The molecule has 1 atom stereocenters. The number of H-pyrrole nitrogens is 1. The van der Waals surface area contributed by atoms with E-state index in [1.165, 1.54) is 6.07 Å². The minimum Gasteiger partial charge on any atom is -0.461 e. The van der Waals surface area contributed by atoms with Crippen molar-refractivity contribution < 1.29 is 14.3 Å². The Bertz CT molecular complexity index is 622. The zero-order valence-electron chi connectivity index (χ0n) is 11.9. The molecule has 21 heavy (non-hydrogen) atoms. The average molecular weight is 287 g/mol. The second-order valence-corrected chi connectivity index (χ2v) is 4.51. The molecule has 6 heteroatoms. The quantitative estimate of drug-likeness (QED) is 0.827. The zero-order valence-corrected chi connectivity index (χ0v) is 11.9. The van der Waals surface area contributed by atoms with Crippen LogP contribution < -0.4 is 5.32 Å². The molecule has 1 aromatic carbocycles. The lowest BCUT2D eigenvalue weighted by Gasteiger charge is -2.10. The minimum atomic E-state index is -0.499. The maximum absolute atomic E-state index is 12.1. The fourth-order valence-corrected chi connectivity index (χ4v) is 1.83. The highest BCUT2D eigenvalue weighted by molar-refractivity contribution is 5.96. The average Bonchev–Trinajstić information content (AvgIpc) is 2.96. The third-order valence-electron chi connectivity index (χ3n) is 3.02. The van der Waals surface area contributed by atoms with Gasteiger partial charge < -0.3 is 10.1 Å². The number of nitrogens with zero attached hydrogens (tertiary/aromatic N) is 1. The lowest BCUT2D eigenvalue weighted by atomic mass is 10.0. The van der Waals surface area contributed by atoms with E-state index in [0.717, 1.165) is 5.56 Å². The lowest BCUT2D eigenvalue weighted by molar-refractivity contribution is -0.117. The second-order valence-electron chi connectivity index (χ2n) is 4.51. The van der Waals surface area contributed by atoms with Crippen LogP contribution in [0.3, 0.4) is 0 Å². The van der Waals surface area contributed by atoms with Crippen molar-refractivity contribution in [2.75, 3.05) is 11.9 Å². The van der Waals surface area contributed by atoms with Crippen LogP contribution in [0.1, 0.15) is 35.8 Å². The zero-order chi connectivity index (χ0) is 15.2. The van der Waals surface area contributed by atoms with Crippen LogP contribution in [0.4, 0.5) is 5.82 Å². The van der Waals surface area contributed by atoms with Gasteiger partial charge in [0.05, 0.1) is 12.5 Å². The van der Waals surface area contributed by atoms with Crippen molar-refractivity contribution in [1.29, 1.82) is 0 Å². The first-order valence-corrected chi connectivity index (χ1v) is 6.70. The van der Waals surface area contributed by atoms with Crippen LogP contribution in [0.25, 0.3) is 0 Å². The van der Waals surface area contributed by atoms with E-state index < -0.39 is 5.97 Å². The van der Waals surface area contributed by atoms with Gasteiger partial charge in [0, 0.05) is 6.07 Å². The van der Waals surface area contributed by atoms with Gasteiger partial charge in [0.25, 0.3) is 0 Å². The van der Waals surface area contributed by atoms with Gasteiger partial charge in [-0.05, 0) is 19.4 Å². The lowest BCUT2D eigenvalue weighted by Crippen LogP contribution is -2.19. The summed E-state index contributed by atoms with van der Waals surface area (Å²) in [4.78, 5) is 23.6. The van der Waals surface area contributed by atoms with Crippen LogP contribution >= 0.6 is 0 Å². The molecular weight excluding hydrogens is 270 g/mol. The summed E-state index contributed by atoms with van der Waals surface area (Å²) in [5.74, 6) is -0.704. The van der Waals surface area contributed by atoms with Gasteiger partial charge in [-0.25, -0.2) is 4.79 Å². The standard InChI is InChI=1S/C15H17N3O3/c1-3-21-15(20)12-9-13(18-17-12)16-14(19)10(2)11-7-5-4-6-8-11/h4-10H,3H2,1-2H3,(H2,16,17,18,19). The van der Waals surface area contributed by atoms with Crippen LogP contribution in [-0.4, -0.2) is 28.7 Å². The maximum Gasteiger partial charge on any atom is 0.356 e. The fraction of sp³-hybridized carbons (Fsp3) is 0.267. The molecule has 2 aromatic rings. The molecule has 0 bridgehead atoms. The number of hydrogen-bond donors (Lipinski definition) is 2. The van der Waals surface area contributed by atoms with Crippen LogP contribution in [0.2, 0.25) is 0 Å². The summed E-state index contributed by atoms with van der Waals surface area (Å²) >= 11 is 0. The number of anilines is 1. The van der Waals surface area contributed by atoms with E-state index >= 15 is 0 Å². The van der Waals surface area contributed by atoms with Crippen LogP contribution in [0, 0.1) is 0 Å². The number of carbonyl (C=O) groups is 2. The van der Waals surface area contributed by atoms with E-state index in [1.54, 1.807) is 6.92 Å². The highest BCUT2D eigenvalue weighted by Crippen LogP contribution is 2.17. The van der Waals surface area contributed by atoms with E-state index in [4.69, 9.17) is 4.74 Å². The van der Waals surface area contributed by atoms with Gasteiger partial charge in [0.2, 0.25) is 5.91 Å². The molecule has 0 aliphatic carbocycles. The highest BCUT2D eigenvalue weighted by Gasteiger charge is 2.17. The van der Waals surface area contributed by atoms with E-state index in [1.807, 2.05) is 37.3 Å². The molecule has 110 valence electrons. The van der Waals surface area contributed by atoms with Crippen molar-refractivity contribution in [1.82, 2.24) is 10.2 Å². The van der Waals surface area contributed by atoms with Crippen molar-refractivity contribution in [3.63, 3.8) is 0 Å². The molecule has 2 rings (SSSR count). The summed E-state index contributed by atoms with van der Waals surface area (Å²) in [7, 11) is 0. The molecule has 0 saturated carbocycles. The number of aromatic amines is 1. The number of esters is 1. The van der Waals surface area contributed by atoms with Crippen molar-refractivity contribution >= 4 is 17.7 Å². The van der Waals surface area contributed by atoms with Crippen LogP contribution in [0.5, 0.6) is 0 Å². The van der Waals surface area contributed by atoms with E-state index in [0.29, 0.717) is 5.82 Å². The molecule has 0 radical (unpaired) electrons. The molecule has 1 unspecified atom stereocenters. The summed E-state index contributed by atoms with van der Waals surface area (Å²) in [6, 6.07) is 10.9. The fourth-order valence-electron chi connectivity index (χ4n) is 1.83. The smallest absolute Gasteiger partial charge is 0.356 e. The Morgan fingerprint density at radius 2 is 2.05 bits per heavy atom. The Morgan fingerprint density at radius 3 is 2.71 bits per heavy atom. The van der Waals surface area contributed by atoms with Crippen LogP contribution in [0.15, 0.2) is 36.4 Å². The minimum absolute atomic E-state index is 0.192. The Balaban J connectivity index is 2.01. The number of rotatable bonds is 5. The number of hydrogen-bond acceptors (Lipinski definition) is 4. The summed E-state index contributed by atoms with van der Waals surface area (Å²) in [5.41, 5.74) is 1.12. The molecule has 0 fully saturated rings. The van der Waals surface area contributed by atoms with Gasteiger partial charge in [-0.1, -0.05) is 30.3 Å². The normalized spacial score (nSPS) is 11.7. The van der Waals surface area contributed by atoms with Crippen molar-refractivity contribution in [3.8, 4) is 0 Å². The van der Waals surface area contributed by atoms with Crippen molar-refractivity contribution in [2.45, 2.75) is 19.8 Å². The Kier molecular flexibility index (Phi) is 4.71. The first-order chi connectivity index (χ1) is 10.1. The van der Waals surface area contributed by atoms with Gasteiger partial charge in [-0.2, -0.15) is 5.10 Å². The molecule has 1 amide bonds. The van der Waals surface area contributed by atoms with Crippen molar-refractivity contribution in [2.24, 2.45) is 0 Å². The van der Waals surface area contributed by atoms with Gasteiger partial charge in [-0.15, -0.1) is 0 Å². The molecule has 0 spiro atoms. The third kappa shape index (κ3) is 3.68. The van der Waals surface area contributed by atoms with Crippen LogP contribution in [-0.2, 0) is 9.53 Å². The van der Waals surface area contributed by atoms with Crippen molar-refractivity contribution in [3.05, 3.63) is 47.7 Å². The Morgan fingerprint density at radius 1 is 1.33 bits per heavy atom. The molecule has 0 saturated heterocycles. The number of amides is 1. The monoisotopic (exact) mass is 287 g/mol. The summed E-state index contributed by atoms with van der Waals surface area (Å²) in [5, 5.41) is 9.08. The topological polar surface area (TPSA) is 84.1 Å². The predicted molar refractivity (Wildman–Crippen MR) is 78.0 cm³/mol. The van der Waals surface area contributed by atoms with Gasteiger partial charge in [0.1, 0.15) is 5.69 Å². The third-order valence-corrected chi connectivity index (χ3v) is 3.02. The number of carbonyl (C=O) groups excluding carboxylic acids is 2. The number of benzene rings is 1. The van der Waals surface area contributed by atoms with E-state index in [2.05, 4.69) is 15.5 Å². The molecule has 0 aliphatic heterocycles. The summed E-state index contributed by atoms with van der Waals surface area (Å²) in [6.45, 7) is 3.81. The van der Waals surface area contributed by atoms with E-state index in [9.17, 15) is 9.59 Å². The molecular formula is C15H17N3O3. The largest absolute Gasteiger partial charge is 0.461 e. The SMILES string of the molecule is CCOC(=O)c1cc(NC(=O)C(C)c2ccccc2)n[nH]1. The Hall–Kier alpha value is -2.63. The summed E-state index contributed by atoms with van der Waals surface area (Å²) in [6.07, 6.45) is 0.